The van der Waals surface area contributed by atoms with E-state index in [1.54, 1.807) is 0 Å². The molecule has 0 saturated carbocycles. The summed E-state index contributed by atoms with van der Waals surface area (Å²) in [5, 5.41) is 8.46. The van der Waals surface area contributed by atoms with Gasteiger partial charge in [-0.3, -0.25) is 9.69 Å². The van der Waals surface area contributed by atoms with E-state index in [0.29, 0.717) is 16.9 Å². The monoisotopic (exact) mass is 337 g/mol. The summed E-state index contributed by atoms with van der Waals surface area (Å²) in [6.07, 6.45) is 0. The van der Waals surface area contributed by atoms with Crippen molar-refractivity contribution in [3.8, 4) is 0 Å². The van der Waals surface area contributed by atoms with Gasteiger partial charge in [-0.1, -0.05) is 25.2 Å². The van der Waals surface area contributed by atoms with Crippen LogP contribution in [0, 0.1) is 12.8 Å². The molecule has 23 heavy (non-hydrogen) atoms. The van der Waals surface area contributed by atoms with Gasteiger partial charge in [-0.25, -0.2) is 4.98 Å². The van der Waals surface area contributed by atoms with Gasteiger partial charge in [0.05, 0.1) is 13.2 Å². The van der Waals surface area contributed by atoms with Gasteiger partial charge in [0.25, 0.3) is 5.56 Å². The fourth-order valence-corrected chi connectivity index (χ4v) is 3.74. The van der Waals surface area contributed by atoms with E-state index in [1.807, 2.05) is 6.92 Å². The van der Waals surface area contributed by atoms with E-state index in [4.69, 9.17) is 4.74 Å². The highest BCUT2D eigenvalue weighted by atomic mass is 32.1. The standard InChI is InChI=1S/C15H23N5O2S/c1-10(2)12(19-4-6-22-7-5-19)9-16-14-18-20-13(21)8-11(3)17-15(20)23-14/h8,10,12H,4-7,9H2,1-3H3,(H,16,18). The topological polar surface area (TPSA) is 71.8 Å². The largest absolute Gasteiger partial charge is 0.379 e. The number of morpholine rings is 1. The zero-order valence-corrected chi connectivity index (χ0v) is 14.6. The van der Waals surface area contributed by atoms with Crippen molar-refractivity contribution in [2.75, 3.05) is 38.2 Å². The van der Waals surface area contributed by atoms with E-state index in [0.717, 1.165) is 43.7 Å². The lowest BCUT2D eigenvalue weighted by atomic mass is 10.0. The Kier molecular flexibility index (Phi) is 4.93. The lowest BCUT2D eigenvalue weighted by Crippen LogP contribution is -2.49. The fraction of sp³-hybridized carbons (Fsp3) is 0.667. The summed E-state index contributed by atoms with van der Waals surface area (Å²) in [6, 6.07) is 1.92. The van der Waals surface area contributed by atoms with Crippen LogP contribution < -0.4 is 10.9 Å². The van der Waals surface area contributed by atoms with Crippen LogP contribution >= 0.6 is 11.3 Å². The molecule has 1 aliphatic heterocycles. The lowest BCUT2D eigenvalue weighted by Gasteiger charge is -2.36. The number of hydrogen-bond donors (Lipinski definition) is 1. The minimum Gasteiger partial charge on any atom is -0.379 e. The van der Waals surface area contributed by atoms with Crippen molar-refractivity contribution < 1.29 is 4.74 Å². The molecule has 0 bridgehead atoms. The molecule has 1 aliphatic rings. The highest BCUT2D eigenvalue weighted by molar-refractivity contribution is 7.20. The Morgan fingerprint density at radius 1 is 1.39 bits per heavy atom. The Labute approximate surface area is 139 Å². The molecule has 3 rings (SSSR count). The predicted octanol–water partition coefficient (Wildman–Crippen LogP) is 1.23. The second-order valence-electron chi connectivity index (χ2n) is 6.18. The summed E-state index contributed by atoms with van der Waals surface area (Å²) >= 11 is 1.41. The van der Waals surface area contributed by atoms with E-state index in [9.17, 15) is 4.79 Å². The van der Waals surface area contributed by atoms with Crippen LogP contribution in [-0.4, -0.2) is 58.4 Å². The second-order valence-corrected chi connectivity index (χ2v) is 7.13. The quantitative estimate of drug-likeness (QED) is 0.885. The zero-order chi connectivity index (χ0) is 16.4. The summed E-state index contributed by atoms with van der Waals surface area (Å²) in [4.78, 5) is 19.4. The number of aromatic nitrogens is 3. The van der Waals surface area contributed by atoms with Gasteiger partial charge in [0, 0.05) is 37.4 Å². The van der Waals surface area contributed by atoms with Gasteiger partial charge in [-0.05, 0) is 12.8 Å². The average molecular weight is 337 g/mol. The first-order valence-corrected chi connectivity index (χ1v) is 8.79. The van der Waals surface area contributed by atoms with Gasteiger partial charge in [-0.15, -0.1) is 5.10 Å². The third kappa shape index (κ3) is 3.70. The van der Waals surface area contributed by atoms with Crippen LogP contribution in [0.1, 0.15) is 19.5 Å². The van der Waals surface area contributed by atoms with Gasteiger partial charge in [-0.2, -0.15) is 4.52 Å². The number of rotatable bonds is 5. The third-order valence-corrected chi connectivity index (χ3v) is 4.99. The van der Waals surface area contributed by atoms with Crippen LogP contribution in [0.2, 0.25) is 0 Å². The van der Waals surface area contributed by atoms with Crippen molar-refractivity contribution in [3.05, 3.63) is 22.1 Å². The minimum atomic E-state index is -0.134. The van der Waals surface area contributed by atoms with E-state index in [-0.39, 0.29) is 5.56 Å². The van der Waals surface area contributed by atoms with E-state index >= 15 is 0 Å². The molecule has 8 heteroatoms. The average Bonchev–Trinajstić information content (AvgIpc) is 2.91. The van der Waals surface area contributed by atoms with Gasteiger partial charge < -0.3 is 10.1 Å². The minimum absolute atomic E-state index is 0.134. The highest BCUT2D eigenvalue weighted by Gasteiger charge is 2.24. The summed E-state index contributed by atoms with van der Waals surface area (Å²) in [6.45, 7) is 10.6. The Morgan fingerprint density at radius 2 is 2.13 bits per heavy atom. The van der Waals surface area contributed by atoms with Gasteiger partial charge in [0.2, 0.25) is 10.1 Å². The Balaban J connectivity index is 1.73. The maximum absolute atomic E-state index is 11.9. The van der Waals surface area contributed by atoms with Crippen LogP contribution in [0.4, 0.5) is 5.13 Å². The molecule has 126 valence electrons. The van der Waals surface area contributed by atoms with Gasteiger partial charge in [0.1, 0.15) is 0 Å². The van der Waals surface area contributed by atoms with Crippen LogP contribution in [0.3, 0.4) is 0 Å². The molecule has 0 amide bonds. The van der Waals surface area contributed by atoms with Crippen LogP contribution in [0.25, 0.3) is 4.96 Å². The molecule has 0 radical (unpaired) electrons. The summed E-state index contributed by atoms with van der Waals surface area (Å²) in [5.41, 5.74) is 0.587. The van der Waals surface area contributed by atoms with Gasteiger partial charge >= 0.3 is 0 Å². The number of nitrogens with one attached hydrogen (secondary N) is 1. The molecule has 7 nitrogen and oxygen atoms in total. The Morgan fingerprint density at radius 3 is 2.83 bits per heavy atom. The van der Waals surface area contributed by atoms with Crippen LogP contribution in [0.15, 0.2) is 10.9 Å². The molecule has 2 aromatic heterocycles. The number of hydrogen-bond acceptors (Lipinski definition) is 7. The molecule has 0 aliphatic carbocycles. The van der Waals surface area contributed by atoms with Crippen molar-refractivity contribution in [2.45, 2.75) is 26.8 Å². The molecule has 0 aromatic carbocycles. The van der Waals surface area contributed by atoms with Crippen LogP contribution in [0.5, 0.6) is 0 Å². The molecule has 1 N–H and O–H groups in total. The second kappa shape index (κ2) is 6.94. The third-order valence-electron chi connectivity index (χ3n) is 4.12. The lowest BCUT2D eigenvalue weighted by molar-refractivity contribution is 0.00954. The maximum atomic E-state index is 11.9. The molecule has 1 fully saturated rings. The van der Waals surface area contributed by atoms with Gasteiger partial charge in [0.15, 0.2) is 0 Å². The van der Waals surface area contributed by atoms with E-state index in [2.05, 4.69) is 34.1 Å². The van der Waals surface area contributed by atoms with E-state index < -0.39 is 0 Å². The fourth-order valence-electron chi connectivity index (χ4n) is 2.88. The first-order valence-electron chi connectivity index (χ1n) is 7.98. The van der Waals surface area contributed by atoms with Crippen molar-refractivity contribution in [3.63, 3.8) is 0 Å². The zero-order valence-electron chi connectivity index (χ0n) is 13.8. The summed E-state index contributed by atoms with van der Waals surface area (Å²) in [5.74, 6) is 0.526. The SMILES string of the molecule is Cc1cc(=O)n2nc(NCC(C(C)C)N3CCOCC3)sc2n1. The Hall–Kier alpha value is -1.51. The molecular weight excluding hydrogens is 314 g/mol. The number of fused-ring (bicyclic) bond motifs is 1. The number of anilines is 1. The predicted molar refractivity (Wildman–Crippen MR) is 91.4 cm³/mol. The highest BCUT2D eigenvalue weighted by Crippen LogP contribution is 2.19. The van der Waals surface area contributed by atoms with Crippen molar-refractivity contribution in [1.82, 2.24) is 19.5 Å². The summed E-state index contributed by atoms with van der Waals surface area (Å²) in [7, 11) is 0. The van der Waals surface area contributed by atoms with Crippen molar-refractivity contribution in [2.24, 2.45) is 5.92 Å². The summed E-state index contributed by atoms with van der Waals surface area (Å²) < 4.78 is 6.80. The Bertz CT molecular complexity index is 720. The van der Waals surface area contributed by atoms with E-state index in [1.165, 1.54) is 21.9 Å². The molecule has 1 saturated heterocycles. The number of aryl methyl sites for hydroxylation is 1. The van der Waals surface area contributed by atoms with Crippen LogP contribution in [-0.2, 0) is 4.74 Å². The molecule has 2 aromatic rings. The first kappa shape index (κ1) is 16.4. The van der Waals surface area contributed by atoms with Crippen molar-refractivity contribution >= 4 is 21.4 Å². The first-order chi connectivity index (χ1) is 11.0. The molecule has 3 heterocycles. The van der Waals surface area contributed by atoms with Crippen molar-refractivity contribution in [1.29, 1.82) is 0 Å². The molecular formula is C15H23N5O2S. The smallest absolute Gasteiger partial charge is 0.275 e. The number of nitrogens with zero attached hydrogens (tertiary/aromatic N) is 4. The molecule has 1 unspecified atom stereocenters. The molecule has 1 atom stereocenters. The number of ether oxygens (including phenoxy) is 1. The molecule has 0 spiro atoms. The maximum Gasteiger partial charge on any atom is 0.275 e. The normalized spacial score (nSPS) is 17.7.